The number of hydrogen-bond donors (Lipinski definition) is 2. The number of benzene rings is 2. The van der Waals surface area contributed by atoms with Crippen LogP contribution in [0.3, 0.4) is 0 Å². The standard InChI is InChI=1S/C21H23NO5/c1-21(2,25)18(19(23)26-3)22-20(24)27-12-17-15-10-6-4-8-13(15)14-9-5-7-11-16(14)17/h4-11,17-18,25H,12H2,1-3H3,(H,22,24)/t18-/m1/s1. The van der Waals surface area contributed by atoms with Gasteiger partial charge in [0.1, 0.15) is 6.61 Å². The first-order chi connectivity index (χ1) is 12.8. The summed E-state index contributed by atoms with van der Waals surface area (Å²) in [4.78, 5) is 24.1. The zero-order valence-electron chi connectivity index (χ0n) is 15.6. The number of carbonyl (C=O) groups excluding carboxylic acids is 2. The van der Waals surface area contributed by atoms with E-state index in [1.54, 1.807) is 0 Å². The average Bonchev–Trinajstić information content (AvgIpc) is 2.97. The molecule has 0 saturated heterocycles. The van der Waals surface area contributed by atoms with Gasteiger partial charge in [-0.15, -0.1) is 0 Å². The third kappa shape index (κ3) is 3.80. The van der Waals surface area contributed by atoms with E-state index in [9.17, 15) is 14.7 Å². The zero-order chi connectivity index (χ0) is 19.6. The molecule has 0 saturated carbocycles. The molecule has 142 valence electrons. The van der Waals surface area contributed by atoms with E-state index in [0.29, 0.717) is 0 Å². The monoisotopic (exact) mass is 369 g/mol. The Morgan fingerprint density at radius 1 is 1.07 bits per heavy atom. The van der Waals surface area contributed by atoms with Crippen LogP contribution >= 0.6 is 0 Å². The minimum absolute atomic E-state index is 0.0816. The molecule has 0 spiro atoms. The fourth-order valence-corrected chi connectivity index (χ4v) is 3.40. The summed E-state index contributed by atoms with van der Waals surface area (Å²) in [5, 5.41) is 12.5. The van der Waals surface area contributed by atoms with Crippen molar-refractivity contribution < 1.29 is 24.2 Å². The van der Waals surface area contributed by atoms with Gasteiger partial charge in [0.15, 0.2) is 6.04 Å². The Morgan fingerprint density at radius 3 is 2.07 bits per heavy atom. The number of aliphatic hydroxyl groups is 1. The Labute approximate surface area is 158 Å². The van der Waals surface area contributed by atoms with Crippen molar-refractivity contribution in [2.24, 2.45) is 0 Å². The highest BCUT2D eigenvalue weighted by Crippen LogP contribution is 2.44. The van der Waals surface area contributed by atoms with Crippen molar-refractivity contribution in [1.29, 1.82) is 0 Å². The normalized spacial score (nSPS) is 14.1. The van der Waals surface area contributed by atoms with Crippen LogP contribution in [0, 0.1) is 0 Å². The van der Waals surface area contributed by atoms with Crippen molar-refractivity contribution >= 4 is 12.1 Å². The second-order valence-electron chi connectivity index (χ2n) is 7.08. The molecular formula is C21H23NO5. The quantitative estimate of drug-likeness (QED) is 0.792. The van der Waals surface area contributed by atoms with Gasteiger partial charge < -0.3 is 19.9 Å². The lowest BCUT2D eigenvalue weighted by Crippen LogP contribution is -2.54. The van der Waals surface area contributed by atoms with Gasteiger partial charge in [-0.3, -0.25) is 0 Å². The van der Waals surface area contributed by atoms with Crippen molar-refractivity contribution in [3.8, 4) is 11.1 Å². The Hall–Kier alpha value is -2.86. The van der Waals surface area contributed by atoms with E-state index >= 15 is 0 Å². The number of carbonyl (C=O) groups is 2. The molecule has 1 aliphatic carbocycles. The predicted molar refractivity (Wildman–Crippen MR) is 100 cm³/mol. The van der Waals surface area contributed by atoms with Crippen molar-refractivity contribution in [1.82, 2.24) is 5.32 Å². The maximum Gasteiger partial charge on any atom is 0.407 e. The van der Waals surface area contributed by atoms with Gasteiger partial charge in [-0.1, -0.05) is 48.5 Å². The number of nitrogens with one attached hydrogen (secondary N) is 1. The number of rotatable bonds is 5. The lowest BCUT2D eigenvalue weighted by molar-refractivity contribution is -0.149. The number of alkyl carbamates (subject to hydrolysis) is 1. The van der Waals surface area contributed by atoms with Gasteiger partial charge in [0.05, 0.1) is 12.7 Å². The number of esters is 1. The molecule has 2 N–H and O–H groups in total. The first kappa shape index (κ1) is 18.9. The molecule has 1 amide bonds. The van der Waals surface area contributed by atoms with E-state index in [2.05, 4.69) is 22.2 Å². The molecule has 6 heteroatoms. The van der Waals surface area contributed by atoms with E-state index < -0.39 is 23.7 Å². The van der Waals surface area contributed by atoms with Crippen molar-refractivity contribution in [2.75, 3.05) is 13.7 Å². The first-order valence-electron chi connectivity index (χ1n) is 8.74. The fourth-order valence-electron chi connectivity index (χ4n) is 3.40. The molecule has 0 fully saturated rings. The highest BCUT2D eigenvalue weighted by atomic mass is 16.6. The van der Waals surface area contributed by atoms with Gasteiger partial charge in [-0.25, -0.2) is 9.59 Å². The van der Waals surface area contributed by atoms with E-state index in [1.807, 2.05) is 36.4 Å². The maximum absolute atomic E-state index is 12.2. The SMILES string of the molecule is COC(=O)[C@@H](NC(=O)OCC1c2ccccc2-c2ccccc21)C(C)(C)O. The number of methoxy groups -OCH3 is 1. The topological polar surface area (TPSA) is 84.9 Å². The highest BCUT2D eigenvalue weighted by molar-refractivity contribution is 5.83. The molecule has 6 nitrogen and oxygen atoms in total. The van der Waals surface area contributed by atoms with Gasteiger partial charge in [0, 0.05) is 5.92 Å². The van der Waals surface area contributed by atoms with Crippen LogP contribution in [0.15, 0.2) is 48.5 Å². The molecule has 2 aromatic rings. The van der Waals surface area contributed by atoms with Crippen molar-refractivity contribution in [2.45, 2.75) is 31.4 Å². The summed E-state index contributed by atoms with van der Waals surface area (Å²) in [7, 11) is 1.19. The van der Waals surface area contributed by atoms with E-state index in [1.165, 1.54) is 21.0 Å². The molecule has 0 aromatic heterocycles. The number of amides is 1. The van der Waals surface area contributed by atoms with Crippen molar-refractivity contribution in [3.63, 3.8) is 0 Å². The Kier molecular flexibility index (Phi) is 5.19. The molecule has 2 aromatic carbocycles. The maximum atomic E-state index is 12.2. The van der Waals surface area contributed by atoms with Gasteiger partial charge in [0.2, 0.25) is 0 Å². The summed E-state index contributed by atoms with van der Waals surface area (Å²) in [6, 6.07) is 14.8. The van der Waals surface area contributed by atoms with Crippen LogP contribution in [0.25, 0.3) is 11.1 Å². The number of fused-ring (bicyclic) bond motifs is 3. The van der Waals surface area contributed by atoms with Crippen LogP contribution in [0.4, 0.5) is 4.79 Å². The summed E-state index contributed by atoms with van der Waals surface area (Å²) in [5.74, 6) is -0.821. The molecule has 0 radical (unpaired) electrons. The minimum atomic E-state index is -1.49. The summed E-state index contributed by atoms with van der Waals surface area (Å²) in [5.41, 5.74) is 2.97. The van der Waals surface area contributed by atoms with Crippen LogP contribution in [0.1, 0.15) is 30.9 Å². The summed E-state index contributed by atoms with van der Waals surface area (Å²) < 4.78 is 10.0. The summed E-state index contributed by atoms with van der Waals surface area (Å²) in [6.07, 6.45) is -0.783. The van der Waals surface area contributed by atoms with Gasteiger partial charge in [-0.05, 0) is 36.1 Å². The molecule has 27 heavy (non-hydrogen) atoms. The fraction of sp³-hybridized carbons (Fsp3) is 0.333. The van der Waals surface area contributed by atoms with Crippen LogP contribution < -0.4 is 5.32 Å². The molecule has 1 aliphatic rings. The third-order valence-electron chi connectivity index (χ3n) is 4.75. The zero-order valence-corrected chi connectivity index (χ0v) is 15.6. The Bertz CT molecular complexity index is 810. The van der Waals surface area contributed by atoms with Crippen LogP contribution in [-0.2, 0) is 14.3 Å². The minimum Gasteiger partial charge on any atom is -0.467 e. The van der Waals surface area contributed by atoms with Crippen LogP contribution in [0.2, 0.25) is 0 Å². The highest BCUT2D eigenvalue weighted by Gasteiger charge is 2.36. The van der Waals surface area contributed by atoms with Crippen molar-refractivity contribution in [3.05, 3.63) is 59.7 Å². The van der Waals surface area contributed by atoms with E-state index in [-0.39, 0.29) is 12.5 Å². The summed E-state index contributed by atoms with van der Waals surface area (Å²) >= 11 is 0. The van der Waals surface area contributed by atoms with Gasteiger partial charge in [-0.2, -0.15) is 0 Å². The van der Waals surface area contributed by atoms with Gasteiger partial charge in [0.25, 0.3) is 0 Å². The van der Waals surface area contributed by atoms with Gasteiger partial charge >= 0.3 is 12.1 Å². The lowest BCUT2D eigenvalue weighted by Gasteiger charge is -2.27. The van der Waals surface area contributed by atoms with Crippen LogP contribution in [-0.4, -0.2) is 42.5 Å². The van der Waals surface area contributed by atoms with E-state index in [0.717, 1.165) is 22.3 Å². The molecule has 0 unspecified atom stereocenters. The molecule has 1 atom stereocenters. The number of ether oxygens (including phenoxy) is 2. The number of hydrogen-bond acceptors (Lipinski definition) is 5. The molecular weight excluding hydrogens is 346 g/mol. The smallest absolute Gasteiger partial charge is 0.407 e. The average molecular weight is 369 g/mol. The van der Waals surface area contributed by atoms with E-state index in [4.69, 9.17) is 4.74 Å². The third-order valence-corrected chi connectivity index (χ3v) is 4.75. The lowest BCUT2D eigenvalue weighted by atomic mass is 9.98. The second-order valence-corrected chi connectivity index (χ2v) is 7.08. The Balaban J connectivity index is 1.73. The largest absolute Gasteiger partial charge is 0.467 e. The molecule has 3 rings (SSSR count). The second kappa shape index (κ2) is 7.40. The molecule has 0 heterocycles. The summed E-state index contributed by atoms with van der Waals surface area (Å²) in [6.45, 7) is 2.95. The first-order valence-corrected chi connectivity index (χ1v) is 8.74. The molecule has 0 aliphatic heterocycles. The van der Waals surface area contributed by atoms with Crippen LogP contribution in [0.5, 0.6) is 0 Å². The molecule has 0 bridgehead atoms. The predicted octanol–water partition coefficient (Wildman–Crippen LogP) is 2.84. The Morgan fingerprint density at radius 2 is 1.59 bits per heavy atom.